The molecule has 2 aliphatic rings. The Balaban J connectivity index is 1.47. The van der Waals surface area contributed by atoms with Crippen LogP contribution in [0, 0.1) is 0 Å². The minimum atomic E-state index is 0.0114. The highest BCUT2D eigenvalue weighted by atomic mass is 27.0. The van der Waals surface area contributed by atoms with Crippen LogP contribution in [-0.2, 0) is 0 Å². The summed E-state index contributed by atoms with van der Waals surface area (Å²) in [6, 6.07) is 8.80. The molecule has 4 nitrogen and oxygen atoms in total. The van der Waals surface area contributed by atoms with Crippen LogP contribution in [0.25, 0.3) is 0 Å². The summed E-state index contributed by atoms with van der Waals surface area (Å²) in [5.41, 5.74) is 1.37. The number of hydrogen-bond acceptors (Lipinski definition) is 3. The van der Waals surface area contributed by atoms with Crippen LogP contribution in [0.2, 0.25) is 0 Å². The molecule has 1 aromatic carbocycles. The molecule has 0 aromatic heterocycles. The predicted octanol–water partition coefficient (Wildman–Crippen LogP) is 2.29. The van der Waals surface area contributed by atoms with Crippen LogP contribution in [0.4, 0.5) is 4.79 Å². The number of piperidine rings is 1. The van der Waals surface area contributed by atoms with Crippen LogP contribution in [0.3, 0.4) is 0 Å². The number of benzene rings is 1. The highest BCUT2D eigenvalue weighted by molar-refractivity contribution is 6.57. The van der Waals surface area contributed by atoms with Gasteiger partial charge in [-0.2, -0.15) is 0 Å². The predicted molar refractivity (Wildman–Crippen MR) is 87.7 cm³/mol. The molecule has 0 saturated carbocycles. The second-order valence-corrected chi connectivity index (χ2v) is 6.81. The van der Waals surface area contributed by atoms with Crippen molar-refractivity contribution in [1.82, 2.24) is 10.2 Å². The summed E-state index contributed by atoms with van der Waals surface area (Å²) in [6.07, 6.45) is 4.44. The molecular formula is C17H23AlN2O2. The first kappa shape index (κ1) is 15.9. The lowest BCUT2D eigenvalue weighted by molar-refractivity contribution is 0.185. The summed E-state index contributed by atoms with van der Waals surface area (Å²) in [5, 5.41) is 3.00. The van der Waals surface area contributed by atoms with Gasteiger partial charge < -0.3 is 19.7 Å². The smallest absolute Gasteiger partial charge is 0.281 e. The molecule has 0 spiro atoms. The van der Waals surface area contributed by atoms with E-state index >= 15 is 0 Å². The Hall–Kier alpha value is -1.02. The summed E-state index contributed by atoms with van der Waals surface area (Å²) in [5.74, 6) is 1.69. The highest BCUT2D eigenvalue weighted by Gasteiger charge is 2.23. The van der Waals surface area contributed by atoms with Gasteiger partial charge in [-0.1, -0.05) is 18.2 Å². The number of nitrogens with zero attached hydrogens (tertiary/aromatic N) is 1. The third kappa shape index (κ3) is 4.04. The van der Waals surface area contributed by atoms with Crippen LogP contribution in [0.1, 0.15) is 37.2 Å². The van der Waals surface area contributed by atoms with Gasteiger partial charge in [-0.25, -0.2) is 0 Å². The largest absolute Gasteiger partial charge is 0.493 e. The SMILES string of the molecule is O=[C]([Al])NC1CCN(CCC2CCOc3ccccc32)CC1. The Labute approximate surface area is 140 Å². The third-order valence-corrected chi connectivity index (χ3v) is 4.98. The lowest BCUT2D eigenvalue weighted by Gasteiger charge is -2.34. The number of carbonyl (C=O) groups is 1. The summed E-state index contributed by atoms with van der Waals surface area (Å²) in [6.45, 7) is 4.14. The van der Waals surface area contributed by atoms with Crippen molar-refractivity contribution in [3.63, 3.8) is 0 Å². The van der Waals surface area contributed by atoms with Crippen molar-refractivity contribution in [3.05, 3.63) is 29.8 Å². The van der Waals surface area contributed by atoms with Gasteiger partial charge in [-0.05, 0) is 49.8 Å². The summed E-state index contributed by atoms with van der Waals surface area (Å²) in [7, 11) is 0. The Morgan fingerprint density at radius 2 is 2.05 bits per heavy atom. The lowest BCUT2D eigenvalue weighted by atomic mass is 9.90. The first-order valence-electron chi connectivity index (χ1n) is 8.22. The van der Waals surface area contributed by atoms with Gasteiger partial charge in [0.2, 0.25) is 0 Å². The molecule has 3 rings (SSSR count). The average Bonchev–Trinajstić information content (AvgIpc) is 2.54. The van der Waals surface area contributed by atoms with E-state index in [0.717, 1.165) is 51.3 Å². The number of hydrogen-bond donors (Lipinski definition) is 1. The van der Waals surface area contributed by atoms with E-state index in [-0.39, 0.29) is 4.77 Å². The number of nitrogens with one attached hydrogen (secondary N) is 1. The van der Waals surface area contributed by atoms with E-state index in [1.807, 2.05) is 6.07 Å². The minimum absolute atomic E-state index is 0.0114. The van der Waals surface area contributed by atoms with Gasteiger partial charge in [0.1, 0.15) is 5.75 Å². The van der Waals surface area contributed by atoms with Gasteiger partial charge in [0.15, 0.2) is 0 Å². The van der Waals surface area contributed by atoms with Gasteiger partial charge >= 0.3 is 0 Å². The van der Waals surface area contributed by atoms with Crippen molar-refractivity contribution >= 4 is 21.1 Å². The van der Waals surface area contributed by atoms with Crippen LogP contribution in [0.15, 0.2) is 24.3 Å². The van der Waals surface area contributed by atoms with Crippen molar-refractivity contribution in [3.8, 4) is 5.75 Å². The molecule has 22 heavy (non-hydrogen) atoms. The zero-order valence-electron chi connectivity index (χ0n) is 13.0. The molecule has 0 bridgehead atoms. The maximum Gasteiger partial charge on any atom is 0.281 e. The Kier molecular flexibility index (Phi) is 5.41. The van der Waals surface area contributed by atoms with E-state index in [2.05, 4.69) is 44.7 Å². The second kappa shape index (κ2) is 7.50. The zero-order valence-corrected chi connectivity index (χ0v) is 14.1. The molecule has 1 fully saturated rings. The first-order valence-corrected chi connectivity index (χ1v) is 8.80. The minimum Gasteiger partial charge on any atom is -0.493 e. The van der Waals surface area contributed by atoms with Gasteiger partial charge in [-0.3, -0.25) is 0 Å². The number of rotatable bonds is 4. The first-order chi connectivity index (χ1) is 10.7. The fourth-order valence-electron chi connectivity index (χ4n) is 3.56. The molecule has 2 aliphatic heterocycles. The van der Waals surface area contributed by atoms with E-state index < -0.39 is 0 Å². The molecule has 2 heterocycles. The Morgan fingerprint density at radius 3 is 2.82 bits per heavy atom. The van der Waals surface area contributed by atoms with Crippen molar-refractivity contribution < 1.29 is 9.53 Å². The van der Waals surface area contributed by atoms with Crippen LogP contribution < -0.4 is 10.1 Å². The van der Waals surface area contributed by atoms with E-state index in [1.54, 1.807) is 0 Å². The summed E-state index contributed by atoms with van der Waals surface area (Å²) < 4.78 is 5.75. The highest BCUT2D eigenvalue weighted by Crippen LogP contribution is 2.35. The fraction of sp³-hybridized carbons (Fsp3) is 0.588. The van der Waals surface area contributed by atoms with E-state index in [0.29, 0.717) is 12.0 Å². The van der Waals surface area contributed by atoms with E-state index in [9.17, 15) is 4.79 Å². The molecule has 1 atom stereocenters. The zero-order chi connectivity index (χ0) is 15.4. The Morgan fingerprint density at radius 1 is 1.27 bits per heavy atom. The molecule has 116 valence electrons. The summed E-state index contributed by atoms with van der Waals surface area (Å²) >= 11 is 2.20. The van der Waals surface area contributed by atoms with Crippen LogP contribution in [-0.4, -0.2) is 58.2 Å². The maximum atomic E-state index is 11.1. The maximum absolute atomic E-state index is 11.1. The third-order valence-electron chi connectivity index (χ3n) is 4.81. The van der Waals surface area contributed by atoms with E-state index in [4.69, 9.17) is 4.74 Å². The van der Waals surface area contributed by atoms with Gasteiger partial charge in [0.05, 0.1) is 11.4 Å². The number of carbonyl (C=O) groups excluding carboxylic acids is 1. The number of likely N-dealkylation sites (tertiary alicyclic amines) is 1. The van der Waals surface area contributed by atoms with E-state index in [1.165, 1.54) is 12.0 Å². The summed E-state index contributed by atoms with van der Waals surface area (Å²) in [4.78, 5) is 13.6. The number of amides is 1. The Bertz CT molecular complexity index is 515. The van der Waals surface area contributed by atoms with Crippen molar-refractivity contribution in [2.45, 2.75) is 37.6 Å². The van der Waals surface area contributed by atoms with Gasteiger partial charge in [0.25, 0.3) is 16.3 Å². The quantitative estimate of drug-likeness (QED) is 0.867. The standard InChI is InChI=1S/C17H23N2O2.Al/c20-13-18-15-6-10-19(11-7-15)9-5-14-8-12-21-17-4-2-1-3-16(14)17;/h1-4,14-15H,5-12H2,(H,18,20);. The molecule has 1 unspecified atom stereocenters. The number of para-hydroxylation sites is 1. The average molecular weight is 314 g/mol. The molecule has 5 heteroatoms. The molecule has 1 saturated heterocycles. The van der Waals surface area contributed by atoms with Crippen molar-refractivity contribution in [2.75, 3.05) is 26.2 Å². The monoisotopic (exact) mass is 314 g/mol. The fourth-order valence-corrected chi connectivity index (χ4v) is 3.79. The number of fused-ring (bicyclic) bond motifs is 1. The van der Waals surface area contributed by atoms with Gasteiger partial charge in [-0.15, -0.1) is 0 Å². The normalized spacial score (nSPS) is 22.6. The molecule has 2 radical (unpaired) electrons. The van der Waals surface area contributed by atoms with Crippen molar-refractivity contribution in [1.29, 1.82) is 0 Å². The number of ether oxygens (including phenoxy) is 1. The van der Waals surface area contributed by atoms with Crippen LogP contribution >= 0.6 is 0 Å². The van der Waals surface area contributed by atoms with Crippen molar-refractivity contribution in [2.24, 2.45) is 0 Å². The van der Waals surface area contributed by atoms with Gasteiger partial charge in [0, 0.05) is 19.1 Å². The molecular weight excluding hydrogens is 291 g/mol. The second-order valence-electron chi connectivity index (χ2n) is 6.29. The molecule has 1 N–H and O–H groups in total. The molecule has 0 aliphatic carbocycles. The lowest BCUT2D eigenvalue weighted by Crippen LogP contribution is -2.44. The van der Waals surface area contributed by atoms with Crippen LogP contribution in [0.5, 0.6) is 5.75 Å². The topological polar surface area (TPSA) is 41.6 Å². The molecule has 1 aromatic rings. The molecule has 1 amide bonds.